The fourth-order valence-corrected chi connectivity index (χ4v) is 3.39. The molecule has 0 bridgehead atoms. The number of benzene rings is 1. The molecular formula is C20H20F2N6O. The first-order valence-electron chi connectivity index (χ1n) is 9.32. The third kappa shape index (κ3) is 4.50. The van der Waals surface area contributed by atoms with Gasteiger partial charge in [-0.3, -0.25) is 10.1 Å². The minimum atomic E-state index is -0.814. The standard InChI is InChI=1S/C20H20F2N6O/c21-14-3-4-17(16(22)10-14)25-20(29)24-15-2-1-9-28(12-15)19-11-18(26-27-19)13-5-7-23-8-6-13/h3-8,10-11,15H,1-2,9,12H2,(H,26,27)(H2,24,25,29)/t15-/m0/s1. The van der Waals surface area contributed by atoms with Crippen molar-refractivity contribution in [2.24, 2.45) is 0 Å². The number of halogens is 2. The van der Waals surface area contributed by atoms with E-state index in [2.05, 4.69) is 30.7 Å². The third-order valence-corrected chi connectivity index (χ3v) is 4.82. The molecule has 0 aliphatic carbocycles. The number of rotatable bonds is 4. The number of carbonyl (C=O) groups is 1. The van der Waals surface area contributed by atoms with Crippen LogP contribution in [0.15, 0.2) is 48.8 Å². The number of nitrogens with zero attached hydrogens (tertiary/aromatic N) is 3. The number of amides is 2. The fraction of sp³-hybridized carbons (Fsp3) is 0.250. The van der Waals surface area contributed by atoms with Gasteiger partial charge in [-0.05, 0) is 37.1 Å². The number of H-pyrrole nitrogens is 1. The fourth-order valence-electron chi connectivity index (χ4n) is 3.39. The van der Waals surface area contributed by atoms with Gasteiger partial charge in [0.2, 0.25) is 0 Å². The maximum absolute atomic E-state index is 13.7. The highest BCUT2D eigenvalue weighted by molar-refractivity contribution is 5.89. The van der Waals surface area contributed by atoms with E-state index in [0.717, 1.165) is 48.6 Å². The van der Waals surface area contributed by atoms with E-state index >= 15 is 0 Å². The van der Waals surface area contributed by atoms with Crippen molar-refractivity contribution >= 4 is 17.5 Å². The molecule has 29 heavy (non-hydrogen) atoms. The summed E-state index contributed by atoms with van der Waals surface area (Å²) in [5.74, 6) is -0.708. The molecule has 2 aromatic heterocycles. The van der Waals surface area contributed by atoms with Gasteiger partial charge in [-0.2, -0.15) is 5.10 Å². The van der Waals surface area contributed by atoms with Gasteiger partial charge in [0.05, 0.1) is 11.4 Å². The van der Waals surface area contributed by atoms with Crippen LogP contribution in [0.2, 0.25) is 0 Å². The lowest BCUT2D eigenvalue weighted by Crippen LogP contribution is -2.49. The highest BCUT2D eigenvalue weighted by Gasteiger charge is 2.23. The summed E-state index contributed by atoms with van der Waals surface area (Å²) < 4.78 is 26.7. The number of urea groups is 1. The maximum Gasteiger partial charge on any atom is 0.319 e. The summed E-state index contributed by atoms with van der Waals surface area (Å²) in [7, 11) is 0. The lowest BCUT2D eigenvalue weighted by Gasteiger charge is -2.33. The number of anilines is 2. The largest absolute Gasteiger partial charge is 0.353 e. The highest BCUT2D eigenvalue weighted by atomic mass is 19.1. The van der Waals surface area contributed by atoms with Crippen LogP contribution in [0.4, 0.5) is 25.1 Å². The number of piperidine rings is 1. The summed E-state index contributed by atoms with van der Waals surface area (Å²) in [6, 6.07) is 8.14. The van der Waals surface area contributed by atoms with Crippen LogP contribution in [-0.4, -0.2) is 40.3 Å². The number of hydrogen-bond acceptors (Lipinski definition) is 4. The summed E-state index contributed by atoms with van der Waals surface area (Å²) in [6.07, 6.45) is 5.13. The molecule has 1 aliphatic heterocycles. The van der Waals surface area contributed by atoms with E-state index in [1.807, 2.05) is 18.2 Å². The van der Waals surface area contributed by atoms with Crippen molar-refractivity contribution in [3.8, 4) is 11.3 Å². The second kappa shape index (κ2) is 8.26. The van der Waals surface area contributed by atoms with E-state index in [0.29, 0.717) is 6.54 Å². The quantitative estimate of drug-likeness (QED) is 0.628. The molecular weight excluding hydrogens is 378 g/mol. The second-order valence-electron chi connectivity index (χ2n) is 6.88. The topological polar surface area (TPSA) is 85.9 Å². The van der Waals surface area contributed by atoms with Crippen molar-refractivity contribution < 1.29 is 13.6 Å². The van der Waals surface area contributed by atoms with Crippen LogP contribution in [0.5, 0.6) is 0 Å². The lowest BCUT2D eigenvalue weighted by atomic mass is 10.1. The first kappa shape index (κ1) is 18.9. The molecule has 7 nitrogen and oxygen atoms in total. The number of pyridine rings is 1. The van der Waals surface area contributed by atoms with Crippen LogP contribution in [0.25, 0.3) is 11.3 Å². The minimum Gasteiger partial charge on any atom is -0.353 e. The summed E-state index contributed by atoms with van der Waals surface area (Å²) >= 11 is 0. The van der Waals surface area contributed by atoms with E-state index in [-0.39, 0.29) is 11.7 Å². The minimum absolute atomic E-state index is 0.0640. The Balaban J connectivity index is 1.37. The van der Waals surface area contributed by atoms with E-state index < -0.39 is 17.7 Å². The van der Waals surface area contributed by atoms with Crippen LogP contribution in [0.3, 0.4) is 0 Å². The molecule has 3 N–H and O–H groups in total. The van der Waals surface area contributed by atoms with Crippen molar-refractivity contribution in [1.29, 1.82) is 0 Å². The van der Waals surface area contributed by atoms with Crippen LogP contribution in [0.1, 0.15) is 12.8 Å². The molecule has 3 aromatic rings. The Morgan fingerprint density at radius 1 is 1.17 bits per heavy atom. The molecule has 0 saturated carbocycles. The first-order chi connectivity index (χ1) is 14.1. The number of aromatic amines is 1. The lowest BCUT2D eigenvalue weighted by molar-refractivity contribution is 0.246. The number of hydrogen-bond donors (Lipinski definition) is 3. The normalized spacial score (nSPS) is 16.5. The molecule has 9 heteroatoms. The molecule has 1 aromatic carbocycles. The molecule has 0 spiro atoms. The molecule has 1 fully saturated rings. The third-order valence-electron chi connectivity index (χ3n) is 4.82. The smallest absolute Gasteiger partial charge is 0.319 e. The van der Waals surface area contributed by atoms with Crippen molar-refractivity contribution in [3.05, 3.63) is 60.4 Å². The van der Waals surface area contributed by atoms with Gasteiger partial charge in [0.15, 0.2) is 5.82 Å². The molecule has 3 heterocycles. The van der Waals surface area contributed by atoms with E-state index in [4.69, 9.17) is 0 Å². The first-order valence-corrected chi connectivity index (χ1v) is 9.32. The Hall–Kier alpha value is -3.49. The van der Waals surface area contributed by atoms with Crippen molar-refractivity contribution in [3.63, 3.8) is 0 Å². The van der Waals surface area contributed by atoms with Crippen LogP contribution in [-0.2, 0) is 0 Å². The molecule has 4 rings (SSSR count). The molecule has 150 valence electrons. The summed E-state index contributed by atoms with van der Waals surface area (Å²) in [4.78, 5) is 18.3. The van der Waals surface area contributed by atoms with Gasteiger partial charge in [0.1, 0.15) is 11.6 Å². The highest BCUT2D eigenvalue weighted by Crippen LogP contribution is 2.24. The van der Waals surface area contributed by atoms with Crippen LogP contribution >= 0.6 is 0 Å². The predicted molar refractivity (Wildman–Crippen MR) is 106 cm³/mol. The van der Waals surface area contributed by atoms with Crippen LogP contribution in [0, 0.1) is 11.6 Å². The van der Waals surface area contributed by atoms with Gasteiger partial charge in [-0.25, -0.2) is 13.6 Å². The van der Waals surface area contributed by atoms with Gasteiger partial charge >= 0.3 is 6.03 Å². The van der Waals surface area contributed by atoms with Crippen molar-refractivity contribution in [1.82, 2.24) is 20.5 Å². The zero-order valence-corrected chi connectivity index (χ0v) is 15.5. The Labute approximate surface area is 166 Å². The van der Waals surface area contributed by atoms with Crippen molar-refractivity contribution in [2.75, 3.05) is 23.3 Å². The Kier molecular flexibility index (Phi) is 5.37. The average Bonchev–Trinajstić information content (AvgIpc) is 3.21. The SMILES string of the molecule is O=C(Nc1ccc(F)cc1F)N[C@H]1CCCN(c2cc(-c3ccncc3)[nH]n2)C1. The molecule has 0 unspecified atom stereocenters. The van der Waals surface area contributed by atoms with Gasteiger partial charge in [-0.15, -0.1) is 0 Å². The monoisotopic (exact) mass is 398 g/mol. The number of aromatic nitrogens is 3. The predicted octanol–water partition coefficient (Wildman–Crippen LogP) is 3.54. The zero-order valence-electron chi connectivity index (χ0n) is 15.5. The maximum atomic E-state index is 13.7. The number of nitrogens with one attached hydrogen (secondary N) is 3. The molecule has 0 radical (unpaired) electrons. The summed E-state index contributed by atoms with van der Waals surface area (Å²) in [5, 5.41) is 12.7. The Morgan fingerprint density at radius 2 is 2.00 bits per heavy atom. The van der Waals surface area contributed by atoms with E-state index in [1.165, 1.54) is 6.07 Å². The van der Waals surface area contributed by atoms with E-state index in [9.17, 15) is 13.6 Å². The molecule has 1 atom stereocenters. The van der Waals surface area contributed by atoms with Crippen LogP contribution < -0.4 is 15.5 Å². The number of carbonyl (C=O) groups excluding carboxylic acids is 1. The van der Waals surface area contributed by atoms with E-state index in [1.54, 1.807) is 12.4 Å². The van der Waals surface area contributed by atoms with Gasteiger partial charge in [0, 0.05) is 49.2 Å². The molecule has 1 aliphatic rings. The van der Waals surface area contributed by atoms with Gasteiger partial charge in [0.25, 0.3) is 0 Å². The Morgan fingerprint density at radius 3 is 2.79 bits per heavy atom. The Bertz CT molecular complexity index is 994. The second-order valence-corrected chi connectivity index (χ2v) is 6.88. The molecule has 1 saturated heterocycles. The van der Waals surface area contributed by atoms with Gasteiger partial charge in [-0.1, -0.05) is 0 Å². The van der Waals surface area contributed by atoms with Crippen molar-refractivity contribution in [2.45, 2.75) is 18.9 Å². The summed E-state index contributed by atoms with van der Waals surface area (Å²) in [6.45, 7) is 1.41. The average molecular weight is 398 g/mol. The molecule has 2 amide bonds. The zero-order chi connectivity index (χ0) is 20.2. The van der Waals surface area contributed by atoms with Gasteiger partial charge < -0.3 is 15.5 Å². The summed E-state index contributed by atoms with van der Waals surface area (Å²) in [5.41, 5.74) is 1.82.